The first-order valence-corrected chi connectivity index (χ1v) is 12.1. The second kappa shape index (κ2) is 10.6. The van der Waals surface area contributed by atoms with E-state index in [1.807, 2.05) is 4.90 Å². The molecule has 33 heavy (non-hydrogen) atoms. The largest absolute Gasteiger partial charge is 0.496 e. The number of rotatable bonds is 5. The minimum atomic E-state index is -0.426. The van der Waals surface area contributed by atoms with Gasteiger partial charge in [0.1, 0.15) is 11.8 Å². The molecule has 7 heteroatoms. The average molecular weight is 470 g/mol. The molecule has 2 fully saturated rings. The number of amides is 2. The Kier molecular flexibility index (Phi) is 7.56. The normalized spacial score (nSPS) is 19.4. The van der Waals surface area contributed by atoms with Gasteiger partial charge in [0.05, 0.1) is 12.7 Å². The van der Waals surface area contributed by atoms with Crippen LogP contribution in [0.25, 0.3) is 0 Å². The van der Waals surface area contributed by atoms with Crippen LogP contribution in [0.1, 0.15) is 40.7 Å². The van der Waals surface area contributed by atoms with Gasteiger partial charge >= 0.3 is 0 Å². The highest BCUT2D eigenvalue weighted by molar-refractivity contribution is 6.31. The first-order chi connectivity index (χ1) is 16.0. The van der Waals surface area contributed by atoms with Crippen molar-refractivity contribution in [2.24, 2.45) is 0 Å². The molecule has 176 valence electrons. The molecule has 2 saturated heterocycles. The van der Waals surface area contributed by atoms with E-state index in [1.165, 1.54) is 18.2 Å². The van der Waals surface area contributed by atoms with E-state index in [0.717, 1.165) is 39.0 Å². The van der Waals surface area contributed by atoms with Crippen LogP contribution in [0.5, 0.6) is 5.75 Å². The summed E-state index contributed by atoms with van der Waals surface area (Å²) in [7, 11) is 1.53. The second-order valence-electron chi connectivity index (χ2n) is 8.94. The Bertz CT molecular complexity index is 995. The van der Waals surface area contributed by atoms with Gasteiger partial charge in [-0.25, -0.2) is 0 Å². The quantitative estimate of drug-likeness (QED) is 0.664. The topological polar surface area (TPSA) is 53.1 Å². The lowest BCUT2D eigenvalue weighted by molar-refractivity contribution is -0.135. The Hall–Kier alpha value is -2.57. The van der Waals surface area contributed by atoms with E-state index < -0.39 is 6.04 Å². The predicted molar refractivity (Wildman–Crippen MR) is 130 cm³/mol. The second-order valence-corrected chi connectivity index (χ2v) is 9.38. The molecule has 0 aliphatic carbocycles. The molecule has 0 aromatic heterocycles. The third-order valence-electron chi connectivity index (χ3n) is 6.62. The first kappa shape index (κ1) is 23.6. The molecule has 0 N–H and O–H groups in total. The van der Waals surface area contributed by atoms with Gasteiger partial charge in [-0.05, 0) is 49.9 Å². The van der Waals surface area contributed by atoms with Gasteiger partial charge in [0.2, 0.25) is 5.91 Å². The molecule has 0 radical (unpaired) electrons. The summed E-state index contributed by atoms with van der Waals surface area (Å²) in [6.07, 6.45) is 2.44. The smallest absolute Gasteiger partial charge is 0.258 e. The fourth-order valence-corrected chi connectivity index (χ4v) is 4.95. The minimum Gasteiger partial charge on any atom is -0.496 e. The number of nitrogens with zero attached hydrogens (tertiary/aromatic N) is 3. The number of ether oxygens (including phenoxy) is 1. The first-order valence-electron chi connectivity index (χ1n) is 11.7. The van der Waals surface area contributed by atoms with Gasteiger partial charge in [0, 0.05) is 44.3 Å². The van der Waals surface area contributed by atoms with Crippen molar-refractivity contribution in [3.8, 4) is 5.75 Å². The van der Waals surface area contributed by atoms with Crippen molar-refractivity contribution in [3.63, 3.8) is 0 Å². The molecule has 6 nitrogen and oxygen atoms in total. The maximum absolute atomic E-state index is 13.5. The van der Waals surface area contributed by atoms with E-state index >= 15 is 0 Å². The molecule has 0 saturated carbocycles. The summed E-state index contributed by atoms with van der Waals surface area (Å²) in [5.41, 5.74) is 2.96. The lowest BCUT2D eigenvalue weighted by atomic mass is 10.1. The molecular formula is C26H32ClN3O3. The van der Waals surface area contributed by atoms with Crippen LogP contribution in [0, 0.1) is 6.92 Å². The van der Waals surface area contributed by atoms with E-state index in [9.17, 15) is 9.59 Å². The van der Waals surface area contributed by atoms with Crippen molar-refractivity contribution in [1.82, 2.24) is 14.7 Å². The van der Waals surface area contributed by atoms with E-state index in [2.05, 4.69) is 36.1 Å². The summed E-state index contributed by atoms with van der Waals surface area (Å²) in [6.45, 7) is 6.76. The number of aryl methyl sites for hydroxylation is 1. The van der Waals surface area contributed by atoms with E-state index in [0.29, 0.717) is 35.8 Å². The van der Waals surface area contributed by atoms with Crippen molar-refractivity contribution < 1.29 is 14.3 Å². The predicted octanol–water partition coefficient (Wildman–Crippen LogP) is 4.00. The van der Waals surface area contributed by atoms with Crippen molar-refractivity contribution in [2.45, 2.75) is 38.8 Å². The number of hydrogen-bond acceptors (Lipinski definition) is 4. The van der Waals surface area contributed by atoms with Crippen LogP contribution >= 0.6 is 11.6 Å². The monoisotopic (exact) mass is 469 g/mol. The van der Waals surface area contributed by atoms with Gasteiger partial charge in [-0.15, -0.1) is 0 Å². The summed E-state index contributed by atoms with van der Waals surface area (Å²) in [5.74, 6) is 0.337. The summed E-state index contributed by atoms with van der Waals surface area (Å²) >= 11 is 6.14. The highest BCUT2D eigenvalue weighted by Gasteiger charge is 2.38. The third kappa shape index (κ3) is 5.50. The van der Waals surface area contributed by atoms with Crippen LogP contribution in [-0.2, 0) is 11.3 Å². The zero-order valence-electron chi connectivity index (χ0n) is 19.4. The molecule has 2 aliphatic heterocycles. The molecule has 0 unspecified atom stereocenters. The van der Waals surface area contributed by atoms with Crippen molar-refractivity contribution >= 4 is 23.4 Å². The van der Waals surface area contributed by atoms with Crippen LogP contribution in [0.3, 0.4) is 0 Å². The number of hydrogen-bond donors (Lipinski definition) is 0. The van der Waals surface area contributed by atoms with E-state index in [4.69, 9.17) is 16.3 Å². The van der Waals surface area contributed by atoms with Gasteiger partial charge in [-0.1, -0.05) is 41.4 Å². The van der Waals surface area contributed by atoms with Gasteiger partial charge in [0.25, 0.3) is 5.91 Å². The molecule has 4 rings (SSSR count). The Labute approximate surface area is 201 Å². The van der Waals surface area contributed by atoms with E-state index in [-0.39, 0.29) is 11.8 Å². The fraction of sp³-hybridized carbons (Fsp3) is 0.462. The van der Waals surface area contributed by atoms with Crippen LogP contribution in [-0.4, -0.2) is 72.4 Å². The zero-order chi connectivity index (χ0) is 23.4. The summed E-state index contributed by atoms with van der Waals surface area (Å²) in [5, 5.41) is 0.474. The minimum absolute atomic E-state index is 0.0547. The summed E-state index contributed by atoms with van der Waals surface area (Å²) in [6, 6.07) is 13.2. The Morgan fingerprint density at radius 1 is 1.00 bits per heavy atom. The van der Waals surface area contributed by atoms with Gasteiger partial charge in [-0.3, -0.25) is 14.5 Å². The molecule has 0 bridgehead atoms. The Morgan fingerprint density at radius 2 is 1.79 bits per heavy atom. The van der Waals surface area contributed by atoms with Crippen molar-refractivity contribution in [3.05, 3.63) is 64.2 Å². The van der Waals surface area contributed by atoms with Gasteiger partial charge < -0.3 is 14.5 Å². The van der Waals surface area contributed by atoms with Crippen LogP contribution < -0.4 is 4.74 Å². The zero-order valence-corrected chi connectivity index (χ0v) is 20.2. The molecule has 2 aromatic carbocycles. The average Bonchev–Trinajstić information content (AvgIpc) is 3.20. The number of benzene rings is 2. The molecular weight excluding hydrogens is 438 g/mol. The lowest BCUT2D eigenvalue weighted by Crippen LogP contribution is -2.48. The lowest BCUT2D eigenvalue weighted by Gasteiger charge is -2.30. The maximum atomic E-state index is 13.5. The van der Waals surface area contributed by atoms with Crippen molar-refractivity contribution in [2.75, 3.05) is 39.8 Å². The standard InChI is InChI=1S/C26H32ClN3O3/c1-19-6-8-20(9-7-19)18-28-12-4-13-29(16-15-28)26(32)23-5-3-14-30(23)25(31)22-17-21(27)10-11-24(22)33-2/h6-11,17,23H,3-5,12-16,18H2,1-2H3/t23-/m0/s1. The van der Waals surface area contributed by atoms with Gasteiger partial charge in [0.15, 0.2) is 0 Å². The van der Waals surface area contributed by atoms with E-state index in [1.54, 1.807) is 23.1 Å². The molecule has 2 heterocycles. The van der Waals surface area contributed by atoms with Crippen LogP contribution in [0.2, 0.25) is 5.02 Å². The molecule has 2 aromatic rings. The molecule has 2 aliphatic rings. The Morgan fingerprint density at radius 3 is 2.55 bits per heavy atom. The SMILES string of the molecule is COc1ccc(Cl)cc1C(=O)N1CCC[C@H]1C(=O)N1CCCN(Cc2ccc(C)cc2)CC1. The Balaban J connectivity index is 1.41. The third-order valence-corrected chi connectivity index (χ3v) is 6.85. The number of likely N-dealkylation sites (tertiary alicyclic amines) is 1. The number of carbonyl (C=O) groups is 2. The fourth-order valence-electron chi connectivity index (χ4n) is 4.78. The highest BCUT2D eigenvalue weighted by Crippen LogP contribution is 2.28. The van der Waals surface area contributed by atoms with Gasteiger partial charge in [-0.2, -0.15) is 0 Å². The molecule has 2 amide bonds. The maximum Gasteiger partial charge on any atom is 0.258 e. The molecule has 1 atom stereocenters. The number of carbonyl (C=O) groups excluding carboxylic acids is 2. The highest BCUT2D eigenvalue weighted by atomic mass is 35.5. The summed E-state index contributed by atoms with van der Waals surface area (Å²) in [4.78, 5) is 32.9. The summed E-state index contributed by atoms with van der Waals surface area (Å²) < 4.78 is 5.37. The number of halogens is 1. The molecule has 0 spiro atoms. The van der Waals surface area contributed by atoms with Crippen molar-refractivity contribution in [1.29, 1.82) is 0 Å². The van der Waals surface area contributed by atoms with Crippen LogP contribution in [0.4, 0.5) is 0 Å². The number of methoxy groups -OCH3 is 1. The van der Waals surface area contributed by atoms with Crippen LogP contribution in [0.15, 0.2) is 42.5 Å².